The first-order valence-corrected chi connectivity index (χ1v) is 7.39. The fourth-order valence-electron chi connectivity index (χ4n) is 2.89. The molecule has 1 aromatic heterocycles. The monoisotopic (exact) mass is 284 g/mol. The first-order valence-electron chi connectivity index (χ1n) is 7.39. The number of hydrogen-bond acceptors (Lipinski definition) is 3. The molecule has 110 valence electrons. The minimum atomic E-state index is 0.0134. The first-order chi connectivity index (χ1) is 10.2. The third-order valence-electron chi connectivity index (χ3n) is 4.00. The van der Waals surface area contributed by atoms with Crippen LogP contribution in [0.25, 0.3) is 5.69 Å². The molecule has 0 radical (unpaired) electrons. The van der Waals surface area contributed by atoms with Crippen LogP contribution in [0.1, 0.15) is 25.7 Å². The Morgan fingerprint density at radius 2 is 2.14 bits per heavy atom. The van der Waals surface area contributed by atoms with Gasteiger partial charge in [-0.25, -0.2) is 4.68 Å². The van der Waals surface area contributed by atoms with E-state index in [4.69, 9.17) is 5.73 Å². The minimum absolute atomic E-state index is 0.0134. The fourth-order valence-corrected chi connectivity index (χ4v) is 2.89. The molecule has 1 amide bonds. The summed E-state index contributed by atoms with van der Waals surface area (Å²) in [5, 5.41) is 7.26. The van der Waals surface area contributed by atoms with E-state index in [1.54, 1.807) is 10.9 Å². The second-order valence-corrected chi connectivity index (χ2v) is 5.58. The summed E-state index contributed by atoms with van der Waals surface area (Å²) >= 11 is 0. The number of amides is 1. The number of benzene rings is 1. The summed E-state index contributed by atoms with van der Waals surface area (Å²) in [6.07, 6.45) is 7.33. The number of nitrogens with two attached hydrogens (primary N) is 1. The van der Waals surface area contributed by atoms with Gasteiger partial charge < -0.3 is 11.1 Å². The van der Waals surface area contributed by atoms with Crippen molar-refractivity contribution in [1.29, 1.82) is 0 Å². The molecule has 2 aromatic rings. The quantitative estimate of drug-likeness (QED) is 0.908. The van der Waals surface area contributed by atoms with Crippen LogP contribution in [0.15, 0.2) is 42.7 Å². The van der Waals surface area contributed by atoms with Gasteiger partial charge in [-0.15, -0.1) is 0 Å². The molecule has 5 heteroatoms. The molecule has 3 rings (SSSR count). The molecule has 0 bridgehead atoms. The molecular formula is C16H20N4O. The number of hydrogen-bond donors (Lipinski definition) is 2. The lowest BCUT2D eigenvalue weighted by Gasteiger charge is -2.26. The van der Waals surface area contributed by atoms with E-state index >= 15 is 0 Å². The summed E-state index contributed by atoms with van der Waals surface area (Å²) < 4.78 is 1.75. The van der Waals surface area contributed by atoms with Crippen molar-refractivity contribution in [2.75, 3.05) is 5.32 Å². The number of rotatable bonds is 3. The maximum atomic E-state index is 12.4. The number of carbonyl (C=O) groups excluding carboxylic acids is 1. The van der Waals surface area contributed by atoms with Gasteiger partial charge in [0.05, 0.1) is 11.4 Å². The normalized spacial score (nSPS) is 22.0. The van der Waals surface area contributed by atoms with Crippen LogP contribution in [0.2, 0.25) is 0 Å². The Labute approximate surface area is 124 Å². The van der Waals surface area contributed by atoms with Crippen LogP contribution >= 0.6 is 0 Å². The SMILES string of the molecule is NC1CCCC(C(=O)Nc2ccccc2-n2cccn2)C1. The highest BCUT2D eigenvalue weighted by Crippen LogP contribution is 2.26. The first kappa shape index (κ1) is 13.8. The van der Waals surface area contributed by atoms with Gasteiger partial charge in [0, 0.05) is 24.4 Å². The van der Waals surface area contributed by atoms with Crippen LogP contribution in [0.4, 0.5) is 5.69 Å². The van der Waals surface area contributed by atoms with Crippen molar-refractivity contribution in [3.8, 4) is 5.69 Å². The molecule has 1 fully saturated rings. The Morgan fingerprint density at radius 1 is 1.29 bits per heavy atom. The number of para-hydroxylation sites is 2. The van der Waals surface area contributed by atoms with E-state index in [0.717, 1.165) is 37.1 Å². The summed E-state index contributed by atoms with van der Waals surface area (Å²) in [5.41, 5.74) is 7.62. The lowest BCUT2D eigenvalue weighted by atomic mass is 9.85. The third-order valence-corrected chi connectivity index (χ3v) is 4.00. The maximum absolute atomic E-state index is 12.4. The van der Waals surface area contributed by atoms with Crippen molar-refractivity contribution < 1.29 is 4.79 Å². The molecule has 1 aliphatic carbocycles. The maximum Gasteiger partial charge on any atom is 0.227 e. The summed E-state index contributed by atoms with van der Waals surface area (Å²) in [5.74, 6) is 0.0733. The van der Waals surface area contributed by atoms with Crippen molar-refractivity contribution in [1.82, 2.24) is 9.78 Å². The van der Waals surface area contributed by atoms with Crippen LogP contribution in [0.3, 0.4) is 0 Å². The molecule has 0 saturated heterocycles. The van der Waals surface area contributed by atoms with Gasteiger partial charge in [0.15, 0.2) is 0 Å². The molecular weight excluding hydrogens is 264 g/mol. The molecule has 21 heavy (non-hydrogen) atoms. The number of nitrogens with zero attached hydrogens (tertiary/aromatic N) is 2. The zero-order valence-corrected chi connectivity index (χ0v) is 11.9. The summed E-state index contributed by atoms with van der Waals surface area (Å²) in [6.45, 7) is 0. The lowest BCUT2D eigenvalue weighted by Crippen LogP contribution is -2.34. The van der Waals surface area contributed by atoms with Gasteiger partial charge in [-0.1, -0.05) is 18.6 Å². The smallest absolute Gasteiger partial charge is 0.227 e. The van der Waals surface area contributed by atoms with E-state index in [-0.39, 0.29) is 17.9 Å². The van der Waals surface area contributed by atoms with E-state index in [0.29, 0.717) is 0 Å². The molecule has 1 aliphatic rings. The van der Waals surface area contributed by atoms with Crippen LogP contribution in [0.5, 0.6) is 0 Å². The zero-order chi connectivity index (χ0) is 14.7. The van der Waals surface area contributed by atoms with Gasteiger partial charge >= 0.3 is 0 Å². The van der Waals surface area contributed by atoms with Gasteiger partial charge in [0.25, 0.3) is 0 Å². The zero-order valence-electron chi connectivity index (χ0n) is 11.9. The van der Waals surface area contributed by atoms with Gasteiger partial charge in [0.2, 0.25) is 5.91 Å². The number of nitrogens with one attached hydrogen (secondary N) is 1. The Bertz CT molecular complexity index is 608. The highest BCUT2D eigenvalue weighted by Gasteiger charge is 2.25. The van der Waals surface area contributed by atoms with Gasteiger partial charge in [-0.05, 0) is 37.5 Å². The van der Waals surface area contributed by atoms with Crippen molar-refractivity contribution in [3.63, 3.8) is 0 Å². The largest absolute Gasteiger partial charge is 0.328 e. The fraction of sp³-hybridized carbons (Fsp3) is 0.375. The second kappa shape index (κ2) is 6.10. The van der Waals surface area contributed by atoms with Crippen LogP contribution in [-0.2, 0) is 4.79 Å². The van der Waals surface area contributed by atoms with Crippen molar-refractivity contribution in [2.24, 2.45) is 11.7 Å². The van der Waals surface area contributed by atoms with E-state index in [2.05, 4.69) is 10.4 Å². The lowest BCUT2D eigenvalue weighted by molar-refractivity contribution is -0.120. The minimum Gasteiger partial charge on any atom is -0.328 e. The Balaban J connectivity index is 1.77. The van der Waals surface area contributed by atoms with E-state index in [1.807, 2.05) is 36.5 Å². The predicted octanol–water partition coefficient (Wildman–Crippen LogP) is 2.33. The molecule has 1 saturated carbocycles. The van der Waals surface area contributed by atoms with Crippen LogP contribution in [0, 0.1) is 5.92 Å². The molecule has 2 unspecified atom stereocenters. The van der Waals surface area contributed by atoms with Crippen molar-refractivity contribution >= 4 is 11.6 Å². The summed E-state index contributed by atoms with van der Waals surface area (Å²) in [6, 6.07) is 9.69. The Kier molecular flexibility index (Phi) is 4.01. The molecule has 2 atom stereocenters. The molecule has 3 N–H and O–H groups in total. The molecule has 1 heterocycles. The average molecular weight is 284 g/mol. The number of carbonyl (C=O) groups is 1. The van der Waals surface area contributed by atoms with Gasteiger partial charge in [-0.2, -0.15) is 5.10 Å². The summed E-state index contributed by atoms with van der Waals surface area (Å²) in [4.78, 5) is 12.4. The van der Waals surface area contributed by atoms with E-state index < -0.39 is 0 Å². The third kappa shape index (κ3) is 3.13. The highest BCUT2D eigenvalue weighted by atomic mass is 16.1. The van der Waals surface area contributed by atoms with Crippen LogP contribution < -0.4 is 11.1 Å². The molecule has 5 nitrogen and oxygen atoms in total. The van der Waals surface area contributed by atoms with Crippen molar-refractivity contribution in [2.45, 2.75) is 31.7 Å². The molecule has 0 aliphatic heterocycles. The van der Waals surface area contributed by atoms with Gasteiger partial charge in [0.1, 0.15) is 0 Å². The Morgan fingerprint density at radius 3 is 2.90 bits per heavy atom. The van der Waals surface area contributed by atoms with Crippen LogP contribution in [-0.4, -0.2) is 21.7 Å². The average Bonchev–Trinajstić information content (AvgIpc) is 3.02. The van der Waals surface area contributed by atoms with Gasteiger partial charge in [-0.3, -0.25) is 4.79 Å². The number of anilines is 1. The standard InChI is InChI=1S/C16H20N4O/c17-13-6-3-5-12(11-13)16(21)19-14-7-1-2-8-15(14)20-10-4-9-18-20/h1-2,4,7-10,12-13H,3,5-6,11,17H2,(H,19,21). The molecule has 0 spiro atoms. The summed E-state index contributed by atoms with van der Waals surface area (Å²) in [7, 11) is 0. The predicted molar refractivity (Wildman–Crippen MR) is 82.1 cm³/mol. The van der Waals surface area contributed by atoms with E-state index in [9.17, 15) is 4.79 Å². The van der Waals surface area contributed by atoms with Crippen molar-refractivity contribution in [3.05, 3.63) is 42.7 Å². The highest BCUT2D eigenvalue weighted by molar-refractivity contribution is 5.94. The number of aromatic nitrogens is 2. The topological polar surface area (TPSA) is 72.9 Å². The second-order valence-electron chi connectivity index (χ2n) is 5.58. The van der Waals surface area contributed by atoms with E-state index in [1.165, 1.54) is 0 Å². The Hall–Kier alpha value is -2.14. The molecule has 1 aromatic carbocycles.